The number of amides is 1. The van der Waals surface area contributed by atoms with Crippen LogP contribution in [0.25, 0.3) is 0 Å². The largest absolute Gasteiger partial charge is 0.338 e. The first-order valence-corrected chi connectivity index (χ1v) is 7.69. The Morgan fingerprint density at radius 2 is 2.00 bits per heavy atom. The summed E-state index contributed by atoms with van der Waals surface area (Å²) in [5.74, 6) is 2.92. The summed E-state index contributed by atoms with van der Waals surface area (Å²) < 4.78 is 0. The topological polar surface area (TPSA) is 20.3 Å². The van der Waals surface area contributed by atoms with Crippen molar-refractivity contribution in [1.82, 2.24) is 4.90 Å². The summed E-state index contributed by atoms with van der Waals surface area (Å²) in [6.45, 7) is 0.763. The van der Waals surface area contributed by atoms with E-state index >= 15 is 0 Å². The fraction of sp³-hybridized carbons (Fsp3) is 0.929. The Morgan fingerprint density at radius 3 is 2.47 bits per heavy atom. The smallest absolute Gasteiger partial charge is 0.226 e. The van der Waals surface area contributed by atoms with E-state index in [1.807, 2.05) is 0 Å². The second-order valence-corrected chi connectivity index (χ2v) is 6.46. The average molecular weight is 256 g/mol. The standard InChI is InChI=1S/C14H22ClNO/c15-6-7-16(12-2-1-3-12)14(17)13-9-10-4-5-11(13)8-10/h10-13H,1-9H2. The first-order chi connectivity index (χ1) is 8.29. The number of halogens is 1. The van der Waals surface area contributed by atoms with Crippen LogP contribution in [-0.4, -0.2) is 29.3 Å². The van der Waals surface area contributed by atoms with E-state index in [2.05, 4.69) is 4.90 Å². The van der Waals surface area contributed by atoms with Crippen LogP contribution < -0.4 is 0 Å². The molecule has 2 bridgehead atoms. The Kier molecular flexibility index (Phi) is 3.34. The minimum Gasteiger partial charge on any atom is -0.338 e. The van der Waals surface area contributed by atoms with Crippen molar-refractivity contribution in [3.8, 4) is 0 Å². The molecule has 0 spiro atoms. The number of carbonyl (C=O) groups excluding carboxylic acids is 1. The Hall–Kier alpha value is -0.240. The van der Waals surface area contributed by atoms with Crippen molar-refractivity contribution in [2.75, 3.05) is 12.4 Å². The van der Waals surface area contributed by atoms with E-state index in [0.29, 0.717) is 29.7 Å². The van der Waals surface area contributed by atoms with E-state index in [1.165, 1.54) is 38.5 Å². The van der Waals surface area contributed by atoms with Crippen LogP contribution in [0.3, 0.4) is 0 Å². The van der Waals surface area contributed by atoms with E-state index in [-0.39, 0.29) is 0 Å². The maximum absolute atomic E-state index is 12.6. The maximum Gasteiger partial charge on any atom is 0.226 e. The fourth-order valence-electron chi connectivity index (χ4n) is 4.02. The lowest BCUT2D eigenvalue weighted by molar-refractivity contribution is -0.141. The molecule has 3 aliphatic carbocycles. The predicted octanol–water partition coefficient (Wildman–Crippen LogP) is 3.04. The Balaban J connectivity index is 1.66. The lowest BCUT2D eigenvalue weighted by atomic mass is 9.85. The molecule has 3 fully saturated rings. The number of nitrogens with zero attached hydrogens (tertiary/aromatic N) is 1. The van der Waals surface area contributed by atoms with Crippen molar-refractivity contribution in [2.24, 2.45) is 17.8 Å². The monoisotopic (exact) mass is 255 g/mol. The SMILES string of the molecule is O=C(C1CC2CCC1C2)N(CCCl)C1CCC1. The van der Waals surface area contributed by atoms with Gasteiger partial charge in [-0.3, -0.25) is 4.79 Å². The Labute approximate surface area is 109 Å². The molecule has 1 amide bonds. The van der Waals surface area contributed by atoms with Gasteiger partial charge in [-0.15, -0.1) is 11.6 Å². The van der Waals surface area contributed by atoms with Gasteiger partial charge in [0, 0.05) is 24.4 Å². The van der Waals surface area contributed by atoms with Gasteiger partial charge in [0.2, 0.25) is 5.91 Å². The van der Waals surface area contributed by atoms with Gasteiger partial charge in [-0.2, -0.15) is 0 Å². The minimum absolute atomic E-state index is 0.345. The number of alkyl halides is 1. The van der Waals surface area contributed by atoms with Gasteiger partial charge in [-0.05, 0) is 50.4 Å². The van der Waals surface area contributed by atoms with Gasteiger partial charge in [-0.25, -0.2) is 0 Å². The Bertz CT molecular complexity index is 303. The molecular formula is C14H22ClNO. The second-order valence-electron chi connectivity index (χ2n) is 6.09. The van der Waals surface area contributed by atoms with Crippen LogP contribution in [0.5, 0.6) is 0 Å². The van der Waals surface area contributed by atoms with Crippen LogP contribution in [0.1, 0.15) is 44.9 Å². The first-order valence-electron chi connectivity index (χ1n) is 7.16. The van der Waals surface area contributed by atoms with Crippen molar-refractivity contribution in [3.63, 3.8) is 0 Å². The van der Waals surface area contributed by atoms with Gasteiger partial charge in [0.25, 0.3) is 0 Å². The van der Waals surface area contributed by atoms with Crippen molar-refractivity contribution in [3.05, 3.63) is 0 Å². The van der Waals surface area contributed by atoms with Crippen molar-refractivity contribution >= 4 is 17.5 Å². The molecule has 0 aromatic carbocycles. The molecule has 3 saturated carbocycles. The van der Waals surface area contributed by atoms with E-state index in [4.69, 9.17) is 11.6 Å². The number of hydrogen-bond donors (Lipinski definition) is 0. The molecule has 0 radical (unpaired) electrons. The third-order valence-corrected chi connectivity index (χ3v) is 5.35. The van der Waals surface area contributed by atoms with Gasteiger partial charge < -0.3 is 4.90 Å². The van der Waals surface area contributed by atoms with Gasteiger partial charge in [-0.1, -0.05) is 6.42 Å². The summed E-state index contributed by atoms with van der Waals surface area (Å²) in [5.41, 5.74) is 0. The van der Waals surface area contributed by atoms with Crippen LogP contribution in [0.2, 0.25) is 0 Å². The quantitative estimate of drug-likeness (QED) is 0.707. The predicted molar refractivity (Wildman–Crippen MR) is 69.0 cm³/mol. The molecule has 0 aromatic heterocycles. The molecule has 96 valence electrons. The van der Waals surface area contributed by atoms with Crippen molar-refractivity contribution in [1.29, 1.82) is 0 Å². The molecule has 3 atom stereocenters. The summed E-state index contributed by atoms with van der Waals surface area (Å²) in [5, 5.41) is 0. The van der Waals surface area contributed by atoms with E-state index in [0.717, 1.165) is 18.9 Å². The summed E-state index contributed by atoms with van der Waals surface area (Å²) in [6, 6.07) is 0.514. The highest BCUT2D eigenvalue weighted by Crippen LogP contribution is 2.49. The van der Waals surface area contributed by atoms with Gasteiger partial charge in [0.1, 0.15) is 0 Å². The number of carbonyl (C=O) groups is 1. The first kappa shape index (κ1) is 11.8. The molecule has 0 N–H and O–H groups in total. The minimum atomic E-state index is 0.345. The zero-order valence-corrected chi connectivity index (χ0v) is 11.2. The lowest BCUT2D eigenvalue weighted by Crippen LogP contribution is -2.48. The highest BCUT2D eigenvalue weighted by molar-refractivity contribution is 6.18. The van der Waals surface area contributed by atoms with Crippen LogP contribution >= 0.6 is 11.6 Å². The molecule has 3 heteroatoms. The van der Waals surface area contributed by atoms with Gasteiger partial charge in [0.05, 0.1) is 0 Å². The molecule has 0 saturated heterocycles. The molecule has 2 nitrogen and oxygen atoms in total. The normalized spacial score (nSPS) is 35.9. The maximum atomic E-state index is 12.6. The van der Waals surface area contributed by atoms with E-state index in [9.17, 15) is 4.79 Å². The lowest BCUT2D eigenvalue weighted by Gasteiger charge is -2.40. The fourth-order valence-corrected chi connectivity index (χ4v) is 4.20. The molecule has 3 aliphatic rings. The number of rotatable bonds is 4. The molecule has 0 heterocycles. The molecule has 0 aromatic rings. The van der Waals surface area contributed by atoms with E-state index in [1.54, 1.807) is 0 Å². The van der Waals surface area contributed by atoms with Crippen LogP contribution in [0.15, 0.2) is 0 Å². The molecule has 3 rings (SSSR count). The summed E-state index contributed by atoms with van der Waals surface area (Å²) in [7, 11) is 0. The molecule has 0 aliphatic heterocycles. The van der Waals surface area contributed by atoms with Gasteiger partial charge in [0.15, 0.2) is 0 Å². The second kappa shape index (κ2) is 4.79. The zero-order chi connectivity index (χ0) is 11.8. The Morgan fingerprint density at radius 1 is 1.18 bits per heavy atom. The van der Waals surface area contributed by atoms with Crippen LogP contribution in [0.4, 0.5) is 0 Å². The zero-order valence-electron chi connectivity index (χ0n) is 10.4. The number of fused-ring (bicyclic) bond motifs is 2. The third kappa shape index (κ3) is 2.09. The molecular weight excluding hydrogens is 234 g/mol. The van der Waals surface area contributed by atoms with Gasteiger partial charge >= 0.3 is 0 Å². The summed E-state index contributed by atoms with van der Waals surface area (Å²) >= 11 is 5.86. The van der Waals surface area contributed by atoms with Crippen LogP contribution in [-0.2, 0) is 4.79 Å². The third-order valence-electron chi connectivity index (χ3n) is 5.18. The highest BCUT2D eigenvalue weighted by Gasteiger charge is 2.45. The molecule has 17 heavy (non-hydrogen) atoms. The van der Waals surface area contributed by atoms with Crippen LogP contribution in [0, 0.1) is 17.8 Å². The summed E-state index contributed by atoms with van der Waals surface area (Å²) in [4.78, 5) is 14.7. The average Bonchev–Trinajstić information content (AvgIpc) is 2.86. The van der Waals surface area contributed by atoms with Crippen molar-refractivity contribution in [2.45, 2.75) is 51.0 Å². The number of hydrogen-bond acceptors (Lipinski definition) is 1. The molecule has 3 unspecified atom stereocenters. The summed E-state index contributed by atoms with van der Waals surface area (Å²) in [6.07, 6.45) is 8.82. The van der Waals surface area contributed by atoms with E-state index < -0.39 is 0 Å². The highest BCUT2D eigenvalue weighted by atomic mass is 35.5. The van der Waals surface area contributed by atoms with Crippen molar-refractivity contribution < 1.29 is 4.79 Å².